The zero-order valence-electron chi connectivity index (χ0n) is 5.96. The summed E-state index contributed by atoms with van der Waals surface area (Å²) >= 11 is 0. The molecule has 1 aliphatic rings. The maximum absolute atomic E-state index is 10.8. The molecule has 1 saturated carbocycles. The molecule has 10 heavy (non-hydrogen) atoms. The van der Waals surface area contributed by atoms with Crippen molar-refractivity contribution < 1.29 is 9.59 Å². The Balaban J connectivity index is 2.40. The number of rotatable bonds is 3. The third kappa shape index (κ3) is 1.17. The molecule has 0 spiro atoms. The summed E-state index contributed by atoms with van der Waals surface area (Å²) in [5.74, 6) is -0.768. The number of carbonyl (C=O) groups is 2. The number of hydrogen-bond acceptors (Lipinski definition) is 2. The smallest absolute Gasteiger partial charge is 0.285 e. The van der Waals surface area contributed by atoms with Gasteiger partial charge in [0.2, 0.25) is 5.78 Å². The van der Waals surface area contributed by atoms with Gasteiger partial charge >= 0.3 is 0 Å². The molecule has 0 aromatic heterocycles. The summed E-state index contributed by atoms with van der Waals surface area (Å²) in [4.78, 5) is 21.1. The molecule has 0 heterocycles. The van der Waals surface area contributed by atoms with Gasteiger partial charge in [0.05, 0.1) is 0 Å². The van der Waals surface area contributed by atoms with Gasteiger partial charge in [0.25, 0.3) is 5.91 Å². The van der Waals surface area contributed by atoms with E-state index >= 15 is 0 Å². The van der Waals surface area contributed by atoms with Crippen LogP contribution in [0.5, 0.6) is 0 Å². The van der Waals surface area contributed by atoms with Gasteiger partial charge < -0.3 is 5.73 Å². The largest absolute Gasteiger partial charge is 0.363 e. The Labute approximate surface area is 59.6 Å². The van der Waals surface area contributed by atoms with Gasteiger partial charge in [-0.2, -0.15) is 0 Å². The Bertz CT molecular complexity index is 176. The molecule has 1 rings (SSSR count). The van der Waals surface area contributed by atoms with Crippen LogP contribution in [0, 0.1) is 11.8 Å². The minimum Gasteiger partial charge on any atom is -0.363 e. The summed E-state index contributed by atoms with van der Waals surface area (Å²) in [7, 11) is 0. The van der Waals surface area contributed by atoms with Crippen LogP contribution in [-0.4, -0.2) is 11.7 Å². The number of hydrogen-bond donors (Lipinski definition) is 1. The molecule has 2 N–H and O–H groups in total. The molecule has 2 atom stereocenters. The zero-order chi connectivity index (χ0) is 7.72. The topological polar surface area (TPSA) is 60.2 Å². The monoisotopic (exact) mass is 141 g/mol. The van der Waals surface area contributed by atoms with Crippen LogP contribution in [0.25, 0.3) is 0 Å². The Kier molecular flexibility index (Phi) is 1.74. The van der Waals surface area contributed by atoms with Gasteiger partial charge in [0.15, 0.2) is 0 Å². The number of ketones is 1. The van der Waals surface area contributed by atoms with Gasteiger partial charge in [-0.05, 0) is 12.3 Å². The minimum absolute atomic E-state index is 0.0394. The summed E-state index contributed by atoms with van der Waals surface area (Å²) in [6.07, 6.45) is 1.84. The van der Waals surface area contributed by atoms with Crippen molar-refractivity contribution in [2.45, 2.75) is 19.8 Å². The fourth-order valence-corrected chi connectivity index (χ4v) is 1.20. The molecule has 0 aromatic carbocycles. The van der Waals surface area contributed by atoms with E-state index in [9.17, 15) is 9.59 Å². The fraction of sp³-hybridized carbons (Fsp3) is 0.714. The molecule has 0 aliphatic heterocycles. The van der Waals surface area contributed by atoms with E-state index in [1.165, 1.54) is 0 Å². The molecule has 1 aliphatic carbocycles. The second-order valence-electron chi connectivity index (χ2n) is 2.74. The van der Waals surface area contributed by atoms with E-state index in [4.69, 9.17) is 5.73 Å². The van der Waals surface area contributed by atoms with Crippen LogP contribution in [0.3, 0.4) is 0 Å². The first-order valence-corrected chi connectivity index (χ1v) is 3.50. The van der Waals surface area contributed by atoms with Crippen LogP contribution < -0.4 is 5.73 Å². The van der Waals surface area contributed by atoms with Gasteiger partial charge in [-0.25, -0.2) is 0 Å². The highest BCUT2D eigenvalue weighted by Gasteiger charge is 2.43. The number of carbonyl (C=O) groups excluding carboxylic acids is 2. The number of amides is 1. The fourth-order valence-electron chi connectivity index (χ4n) is 1.20. The third-order valence-corrected chi connectivity index (χ3v) is 2.03. The van der Waals surface area contributed by atoms with Crippen LogP contribution in [0.2, 0.25) is 0 Å². The van der Waals surface area contributed by atoms with Crippen molar-refractivity contribution in [2.75, 3.05) is 0 Å². The first kappa shape index (κ1) is 7.25. The number of Topliss-reactive ketones (excluding diaryl/α,β-unsaturated/α-hetero) is 1. The highest BCUT2D eigenvalue weighted by Crippen LogP contribution is 2.41. The van der Waals surface area contributed by atoms with E-state index in [1.54, 1.807) is 0 Å². The van der Waals surface area contributed by atoms with E-state index in [0.717, 1.165) is 12.8 Å². The van der Waals surface area contributed by atoms with Crippen molar-refractivity contribution in [3.63, 3.8) is 0 Å². The first-order chi connectivity index (χ1) is 4.66. The lowest BCUT2D eigenvalue weighted by atomic mass is 10.2. The summed E-state index contributed by atoms with van der Waals surface area (Å²) in [5, 5.41) is 0. The summed E-state index contributed by atoms with van der Waals surface area (Å²) in [6, 6.07) is 0. The molecule has 1 amide bonds. The van der Waals surface area contributed by atoms with Crippen molar-refractivity contribution >= 4 is 11.7 Å². The summed E-state index contributed by atoms with van der Waals surface area (Å²) in [5.41, 5.74) is 4.81. The van der Waals surface area contributed by atoms with Crippen molar-refractivity contribution in [1.29, 1.82) is 0 Å². The second-order valence-corrected chi connectivity index (χ2v) is 2.74. The lowest BCUT2D eigenvalue weighted by Crippen LogP contribution is -2.25. The predicted octanol–water partition coefficient (Wildman–Crippen LogP) is 0.0869. The second kappa shape index (κ2) is 2.40. The van der Waals surface area contributed by atoms with Crippen molar-refractivity contribution in [2.24, 2.45) is 17.6 Å². The molecule has 3 nitrogen and oxygen atoms in total. The van der Waals surface area contributed by atoms with Crippen molar-refractivity contribution in [3.8, 4) is 0 Å². The van der Waals surface area contributed by atoms with E-state index in [2.05, 4.69) is 0 Å². The Morgan fingerprint density at radius 1 is 1.60 bits per heavy atom. The zero-order valence-corrected chi connectivity index (χ0v) is 5.96. The molecule has 0 radical (unpaired) electrons. The number of nitrogens with two attached hydrogens (primary N) is 1. The van der Waals surface area contributed by atoms with Gasteiger partial charge in [0, 0.05) is 5.92 Å². The Morgan fingerprint density at radius 3 is 2.50 bits per heavy atom. The maximum atomic E-state index is 10.8. The summed E-state index contributed by atoms with van der Waals surface area (Å²) in [6.45, 7) is 2.01. The van der Waals surface area contributed by atoms with E-state index in [1.807, 2.05) is 6.92 Å². The number of primary amides is 1. The SMILES string of the molecule is CC[C@H]1CC1C(=O)C(N)=O. The standard InChI is InChI=1S/C7H11NO2/c1-2-4-3-5(4)6(9)7(8)10/h4-5H,2-3H2,1H3,(H2,8,10)/t4-,5?/m0/s1. The van der Waals surface area contributed by atoms with Crippen LogP contribution in [0.4, 0.5) is 0 Å². The van der Waals surface area contributed by atoms with Crippen LogP contribution in [0.1, 0.15) is 19.8 Å². The third-order valence-electron chi connectivity index (χ3n) is 2.03. The highest BCUT2D eigenvalue weighted by molar-refractivity contribution is 6.37. The van der Waals surface area contributed by atoms with Crippen LogP contribution >= 0.6 is 0 Å². The van der Waals surface area contributed by atoms with Crippen LogP contribution in [0.15, 0.2) is 0 Å². The lowest BCUT2D eigenvalue weighted by Gasteiger charge is -1.90. The molecule has 0 bridgehead atoms. The molecule has 1 unspecified atom stereocenters. The van der Waals surface area contributed by atoms with Gasteiger partial charge in [-0.1, -0.05) is 13.3 Å². The lowest BCUT2D eigenvalue weighted by molar-refractivity contribution is -0.136. The highest BCUT2D eigenvalue weighted by atomic mass is 16.2. The average molecular weight is 141 g/mol. The molecule has 0 saturated heterocycles. The quantitative estimate of drug-likeness (QED) is 0.566. The molecule has 3 heteroatoms. The predicted molar refractivity (Wildman–Crippen MR) is 36.1 cm³/mol. The normalized spacial score (nSPS) is 29.7. The molecular formula is C7H11NO2. The maximum Gasteiger partial charge on any atom is 0.285 e. The molecule has 0 aromatic rings. The molecule has 1 fully saturated rings. The molecular weight excluding hydrogens is 130 g/mol. The van der Waals surface area contributed by atoms with E-state index < -0.39 is 5.91 Å². The van der Waals surface area contributed by atoms with Crippen molar-refractivity contribution in [3.05, 3.63) is 0 Å². The average Bonchev–Trinajstić information content (AvgIpc) is 2.64. The first-order valence-electron chi connectivity index (χ1n) is 3.50. The van der Waals surface area contributed by atoms with E-state index in [0.29, 0.717) is 5.92 Å². The Hall–Kier alpha value is -0.860. The minimum atomic E-state index is -0.777. The van der Waals surface area contributed by atoms with Gasteiger partial charge in [-0.3, -0.25) is 9.59 Å². The summed E-state index contributed by atoms with van der Waals surface area (Å²) < 4.78 is 0. The van der Waals surface area contributed by atoms with Gasteiger partial charge in [-0.15, -0.1) is 0 Å². The van der Waals surface area contributed by atoms with E-state index in [-0.39, 0.29) is 11.7 Å². The Morgan fingerprint density at radius 2 is 2.20 bits per heavy atom. The van der Waals surface area contributed by atoms with Crippen molar-refractivity contribution in [1.82, 2.24) is 0 Å². The van der Waals surface area contributed by atoms with Gasteiger partial charge in [0.1, 0.15) is 0 Å². The van der Waals surface area contributed by atoms with Crippen LogP contribution in [-0.2, 0) is 9.59 Å². The molecule has 56 valence electrons.